The molecule has 0 radical (unpaired) electrons. The van der Waals surface area contributed by atoms with Gasteiger partial charge in [0.25, 0.3) is 0 Å². The highest BCUT2D eigenvalue weighted by atomic mass is 32.1. The minimum atomic E-state index is -0.945. The molecule has 2 aliphatic rings. The number of primary amides is 1. The summed E-state index contributed by atoms with van der Waals surface area (Å²) < 4.78 is 0. The van der Waals surface area contributed by atoms with Gasteiger partial charge in [-0.15, -0.1) is 0 Å². The number of amides is 6. The zero-order valence-electron chi connectivity index (χ0n) is 36.2. The number of aliphatic carboxylic acids is 1. The van der Waals surface area contributed by atoms with Crippen molar-refractivity contribution in [3.05, 3.63) is 29.8 Å². The normalized spacial score (nSPS) is 20.8. The number of carboxylic acid groups (broad SMARTS) is 1. The predicted octanol–water partition coefficient (Wildman–Crippen LogP) is -3.35. The van der Waals surface area contributed by atoms with Crippen LogP contribution < -0.4 is 64.2 Å². The van der Waals surface area contributed by atoms with Crippen molar-refractivity contribution in [3.8, 4) is 5.75 Å². The second kappa shape index (κ2) is 29.0. The van der Waals surface area contributed by atoms with E-state index >= 15 is 0 Å². The molecule has 0 aromatic heterocycles. The third kappa shape index (κ3) is 21.6. The summed E-state index contributed by atoms with van der Waals surface area (Å²) in [4.78, 5) is 87.4. The van der Waals surface area contributed by atoms with Gasteiger partial charge in [0, 0.05) is 123 Å². The van der Waals surface area contributed by atoms with Crippen LogP contribution in [0.1, 0.15) is 69.8 Å². The zero-order chi connectivity index (χ0) is 45.9. The summed E-state index contributed by atoms with van der Waals surface area (Å²) in [5.74, 6) is -2.99. The fourth-order valence-corrected chi connectivity index (χ4v) is 7.48. The molecule has 1 unspecified atom stereocenters. The first kappa shape index (κ1) is 52.8. The molecule has 1 aromatic rings. The number of hydrogen-bond donors (Lipinski definition) is 15. The Bertz CT molecular complexity index is 1610. The summed E-state index contributed by atoms with van der Waals surface area (Å²) in [6, 6.07) is 4.60. The summed E-state index contributed by atoms with van der Waals surface area (Å²) in [6.07, 6.45) is 2.65. The molecular formula is C41H70N12O9S. The van der Waals surface area contributed by atoms with E-state index in [9.17, 15) is 38.7 Å². The van der Waals surface area contributed by atoms with Gasteiger partial charge in [-0.2, -0.15) is 12.6 Å². The Hall–Kier alpha value is -4.58. The standard InChI is InChI=1S/C41H70N12O9S/c42-38(61)32(23-63)51-33(55)6-2-1-3-15-48-39(62)31(22-29-11-13-30(54)14-12-29)50-34(56)7-4-8-35(57)52-40-24-43-16-18-46-27-41(49-21-20-45-26-40,28-47-19-17-44-25-40)53-36(58)9-5-10-37(59)60/h11-14,31-32,43-47,49,54,63H,1-10,15-28H2,(H2,42,61)(H,48,62)(H,50,56)(H,51,55)(H,52,57)(H,53,58)(H,59,60)/t31?,32-,40-,41+/m0/s1. The molecule has 3 rings (SSSR count). The van der Waals surface area contributed by atoms with Crippen LogP contribution >= 0.6 is 12.6 Å². The monoisotopic (exact) mass is 907 g/mol. The van der Waals surface area contributed by atoms with Crippen LogP contribution in [-0.4, -0.2) is 159 Å². The lowest BCUT2D eigenvalue weighted by Gasteiger charge is -2.37. The molecule has 0 spiro atoms. The van der Waals surface area contributed by atoms with E-state index in [0.717, 1.165) is 5.56 Å². The first-order valence-electron chi connectivity index (χ1n) is 21.9. The SMILES string of the molecule is NC(=O)[C@H](CS)NC(=O)CCCCCNC(=O)C(Cc1ccc(O)cc1)NC(=O)CCCC(=O)N[C@]12CNCCNC[C@](NC(=O)CCCC(=O)O)(CNCCNC1)NCCNC2. The summed E-state index contributed by atoms with van der Waals surface area (Å²) in [6.45, 7) is 5.76. The van der Waals surface area contributed by atoms with Crippen molar-refractivity contribution >= 4 is 54.0 Å². The minimum Gasteiger partial charge on any atom is -0.508 e. The van der Waals surface area contributed by atoms with Gasteiger partial charge in [0.15, 0.2) is 0 Å². The van der Waals surface area contributed by atoms with Crippen molar-refractivity contribution in [3.63, 3.8) is 0 Å². The number of carboxylic acids is 1. The zero-order valence-corrected chi connectivity index (χ0v) is 37.1. The third-order valence-corrected chi connectivity index (χ3v) is 11.0. The number of nitrogens with two attached hydrogens (primary N) is 1. The van der Waals surface area contributed by atoms with Gasteiger partial charge in [0.1, 0.15) is 23.5 Å². The number of thiol groups is 1. The highest BCUT2D eigenvalue weighted by Gasteiger charge is 2.34. The Kier molecular flexibility index (Phi) is 24.3. The fraction of sp³-hybridized carbons (Fsp3) is 0.683. The van der Waals surface area contributed by atoms with Crippen molar-refractivity contribution in [2.45, 2.75) is 93.9 Å². The van der Waals surface area contributed by atoms with Crippen LogP contribution in [0.5, 0.6) is 5.75 Å². The summed E-state index contributed by atoms with van der Waals surface area (Å²) in [5, 5.41) is 54.0. The molecule has 15 N–H and O–H groups in total. The molecule has 0 saturated carbocycles. The Morgan fingerprint density at radius 3 is 1.71 bits per heavy atom. The maximum atomic E-state index is 13.5. The number of unbranched alkanes of at least 4 members (excludes halogenated alkanes) is 2. The van der Waals surface area contributed by atoms with Crippen LogP contribution in [0.3, 0.4) is 0 Å². The number of phenolic OH excluding ortho intramolecular Hbond substituents is 1. The first-order valence-corrected chi connectivity index (χ1v) is 22.5. The van der Waals surface area contributed by atoms with Gasteiger partial charge in [0.05, 0.1) is 5.54 Å². The number of carbonyl (C=O) groups is 7. The average Bonchev–Trinajstić information content (AvgIpc) is 3.26. The molecule has 2 bridgehead atoms. The quantitative estimate of drug-likeness (QED) is 0.0377. The van der Waals surface area contributed by atoms with Crippen LogP contribution in [0.15, 0.2) is 24.3 Å². The Morgan fingerprint density at radius 2 is 1.14 bits per heavy atom. The molecule has 2 atom stereocenters. The molecule has 22 heteroatoms. The van der Waals surface area contributed by atoms with Gasteiger partial charge in [-0.3, -0.25) is 38.9 Å². The minimum absolute atomic E-state index is 0.00127. The number of nitrogens with one attached hydrogen (secondary N) is 11. The number of phenols is 1. The molecule has 2 heterocycles. The second-order valence-electron chi connectivity index (χ2n) is 16.2. The van der Waals surface area contributed by atoms with Gasteiger partial charge in [-0.1, -0.05) is 18.6 Å². The number of fused-ring (bicyclic) bond motifs is 6. The van der Waals surface area contributed by atoms with Gasteiger partial charge < -0.3 is 69.1 Å². The van der Waals surface area contributed by atoms with E-state index in [4.69, 9.17) is 10.8 Å². The molecule has 63 heavy (non-hydrogen) atoms. The number of benzene rings is 1. The fourth-order valence-electron chi connectivity index (χ4n) is 7.21. The highest BCUT2D eigenvalue weighted by Crippen LogP contribution is 2.13. The summed E-state index contributed by atoms with van der Waals surface area (Å²) >= 11 is 4.02. The molecule has 0 aliphatic carbocycles. The first-order chi connectivity index (χ1) is 30.2. The van der Waals surface area contributed by atoms with E-state index in [1.165, 1.54) is 12.1 Å². The average molecular weight is 907 g/mol. The van der Waals surface area contributed by atoms with E-state index in [1.54, 1.807) is 12.1 Å². The molecule has 2 aliphatic heterocycles. The van der Waals surface area contributed by atoms with Crippen molar-refractivity contribution in [1.82, 2.24) is 58.5 Å². The molecule has 2 saturated heterocycles. The van der Waals surface area contributed by atoms with Crippen molar-refractivity contribution in [2.24, 2.45) is 5.73 Å². The van der Waals surface area contributed by atoms with Gasteiger partial charge >= 0.3 is 5.97 Å². The largest absolute Gasteiger partial charge is 0.508 e. The van der Waals surface area contributed by atoms with Crippen molar-refractivity contribution < 1.29 is 43.8 Å². The number of hydrogen-bond acceptors (Lipinski definition) is 15. The van der Waals surface area contributed by atoms with Gasteiger partial charge in [-0.25, -0.2) is 0 Å². The topological polar surface area (TPSA) is 318 Å². The number of carbonyl (C=O) groups excluding carboxylic acids is 6. The van der Waals surface area contributed by atoms with E-state index in [-0.39, 0.29) is 80.6 Å². The summed E-state index contributed by atoms with van der Waals surface area (Å²) in [5.41, 5.74) is 4.42. The van der Waals surface area contributed by atoms with Gasteiger partial charge in [0.2, 0.25) is 35.4 Å². The van der Waals surface area contributed by atoms with Gasteiger partial charge in [-0.05, 0) is 43.4 Å². The van der Waals surface area contributed by atoms with E-state index in [1.807, 2.05) is 0 Å². The van der Waals surface area contributed by atoms with Crippen LogP contribution in [0.4, 0.5) is 0 Å². The third-order valence-electron chi connectivity index (χ3n) is 10.6. The highest BCUT2D eigenvalue weighted by molar-refractivity contribution is 7.80. The number of rotatable bonds is 23. The molecule has 6 amide bonds. The lowest BCUT2D eigenvalue weighted by molar-refractivity contribution is -0.137. The maximum Gasteiger partial charge on any atom is 0.303 e. The second-order valence-corrected chi connectivity index (χ2v) is 16.5. The van der Waals surface area contributed by atoms with Crippen molar-refractivity contribution in [1.29, 1.82) is 0 Å². The molecule has 21 nitrogen and oxygen atoms in total. The van der Waals surface area contributed by atoms with E-state index < -0.39 is 47.0 Å². The Balaban J connectivity index is 1.53. The van der Waals surface area contributed by atoms with E-state index in [2.05, 4.69) is 71.1 Å². The predicted molar refractivity (Wildman–Crippen MR) is 240 cm³/mol. The number of aromatic hydroxyl groups is 1. The molecule has 2 fully saturated rings. The maximum absolute atomic E-state index is 13.5. The molecule has 1 aromatic carbocycles. The molecular weight excluding hydrogens is 837 g/mol. The molecule has 354 valence electrons. The lowest BCUT2D eigenvalue weighted by atomic mass is 9.97. The summed E-state index contributed by atoms with van der Waals surface area (Å²) in [7, 11) is 0. The van der Waals surface area contributed by atoms with Crippen LogP contribution in [0.25, 0.3) is 0 Å². The van der Waals surface area contributed by atoms with Crippen LogP contribution in [-0.2, 0) is 40.0 Å². The Morgan fingerprint density at radius 1 is 0.635 bits per heavy atom. The van der Waals surface area contributed by atoms with E-state index in [0.29, 0.717) is 97.8 Å². The van der Waals surface area contributed by atoms with Crippen LogP contribution in [0, 0.1) is 0 Å². The lowest BCUT2D eigenvalue weighted by Crippen LogP contribution is -2.69. The van der Waals surface area contributed by atoms with Crippen LogP contribution in [0.2, 0.25) is 0 Å². The van der Waals surface area contributed by atoms with Crippen molar-refractivity contribution in [2.75, 3.05) is 84.3 Å². The Labute approximate surface area is 374 Å². The smallest absolute Gasteiger partial charge is 0.303 e.